The van der Waals surface area contributed by atoms with Crippen LogP contribution in [0.1, 0.15) is 26.7 Å². The summed E-state index contributed by atoms with van der Waals surface area (Å²) in [6.45, 7) is 5.30. The lowest BCUT2D eigenvalue weighted by molar-refractivity contribution is -0.0202. The Bertz CT molecular complexity index is 112. The van der Waals surface area contributed by atoms with Crippen molar-refractivity contribution in [2.75, 3.05) is 19.7 Å². The van der Waals surface area contributed by atoms with E-state index in [1.807, 2.05) is 13.8 Å². The monoisotopic (exact) mass is 195 g/mol. The minimum atomic E-state index is -2.35. The second kappa shape index (κ2) is 8.38. The SMILES string of the molecule is CCNCCCC(C)OCC(F)F. The van der Waals surface area contributed by atoms with Crippen LogP contribution < -0.4 is 5.32 Å². The Balaban J connectivity index is 3.15. The fraction of sp³-hybridized carbons (Fsp3) is 1.00. The molecule has 0 aliphatic rings. The van der Waals surface area contributed by atoms with Gasteiger partial charge in [-0.15, -0.1) is 0 Å². The lowest BCUT2D eigenvalue weighted by atomic mass is 10.2. The summed E-state index contributed by atoms with van der Waals surface area (Å²) in [4.78, 5) is 0. The Labute approximate surface area is 78.7 Å². The van der Waals surface area contributed by atoms with E-state index in [0.717, 1.165) is 25.9 Å². The molecule has 1 unspecified atom stereocenters. The van der Waals surface area contributed by atoms with E-state index >= 15 is 0 Å². The van der Waals surface area contributed by atoms with E-state index in [9.17, 15) is 8.78 Å². The zero-order chi connectivity index (χ0) is 10.1. The summed E-state index contributed by atoms with van der Waals surface area (Å²) in [5.41, 5.74) is 0. The standard InChI is InChI=1S/C9H19F2NO/c1-3-12-6-4-5-8(2)13-7-9(10)11/h8-9,12H,3-7H2,1-2H3. The van der Waals surface area contributed by atoms with Gasteiger partial charge in [0, 0.05) is 0 Å². The molecule has 0 aliphatic carbocycles. The Morgan fingerprint density at radius 3 is 2.62 bits per heavy atom. The van der Waals surface area contributed by atoms with Gasteiger partial charge < -0.3 is 10.1 Å². The molecular formula is C9H19F2NO. The number of halogens is 2. The Morgan fingerprint density at radius 2 is 2.08 bits per heavy atom. The number of hydrogen-bond donors (Lipinski definition) is 1. The van der Waals surface area contributed by atoms with Gasteiger partial charge in [-0.25, -0.2) is 8.78 Å². The van der Waals surface area contributed by atoms with Gasteiger partial charge >= 0.3 is 0 Å². The molecule has 0 radical (unpaired) electrons. The highest BCUT2D eigenvalue weighted by Crippen LogP contribution is 2.03. The van der Waals surface area contributed by atoms with Crippen LogP contribution in [0.5, 0.6) is 0 Å². The van der Waals surface area contributed by atoms with Crippen molar-refractivity contribution in [2.24, 2.45) is 0 Å². The smallest absolute Gasteiger partial charge is 0.261 e. The molecule has 0 saturated carbocycles. The maximum Gasteiger partial charge on any atom is 0.261 e. The molecule has 4 heteroatoms. The highest BCUT2D eigenvalue weighted by Gasteiger charge is 2.06. The summed E-state index contributed by atoms with van der Waals surface area (Å²) in [6, 6.07) is 0. The first kappa shape index (κ1) is 12.8. The molecule has 0 aromatic rings. The maximum atomic E-state index is 11.7. The van der Waals surface area contributed by atoms with E-state index in [-0.39, 0.29) is 6.10 Å². The average Bonchev–Trinajstić information content (AvgIpc) is 2.09. The summed E-state index contributed by atoms with van der Waals surface area (Å²) >= 11 is 0. The molecule has 0 aromatic carbocycles. The van der Waals surface area contributed by atoms with Crippen LogP contribution in [0.3, 0.4) is 0 Å². The lowest BCUT2D eigenvalue weighted by Crippen LogP contribution is -2.18. The number of nitrogens with one attached hydrogen (secondary N) is 1. The molecule has 0 bridgehead atoms. The third kappa shape index (κ3) is 9.70. The second-order valence-corrected chi connectivity index (χ2v) is 3.03. The van der Waals surface area contributed by atoms with E-state index in [4.69, 9.17) is 4.74 Å². The molecule has 0 amide bonds. The van der Waals surface area contributed by atoms with E-state index in [2.05, 4.69) is 5.32 Å². The van der Waals surface area contributed by atoms with Crippen LogP contribution in [-0.2, 0) is 4.74 Å². The highest BCUT2D eigenvalue weighted by molar-refractivity contribution is 4.53. The largest absolute Gasteiger partial charge is 0.373 e. The molecule has 1 atom stereocenters. The Morgan fingerprint density at radius 1 is 1.38 bits per heavy atom. The molecule has 0 heterocycles. The first-order chi connectivity index (χ1) is 6.16. The molecule has 0 aromatic heterocycles. The van der Waals surface area contributed by atoms with Crippen LogP contribution in [0.15, 0.2) is 0 Å². The van der Waals surface area contributed by atoms with Gasteiger partial charge in [0.15, 0.2) is 0 Å². The van der Waals surface area contributed by atoms with Gasteiger partial charge in [0.2, 0.25) is 0 Å². The molecule has 0 saturated heterocycles. The second-order valence-electron chi connectivity index (χ2n) is 3.03. The summed E-state index contributed by atoms with van der Waals surface area (Å²) in [6.07, 6.45) is -0.610. The third-order valence-corrected chi connectivity index (χ3v) is 1.72. The minimum absolute atomic E-state index is 0.0624. The number of alkyl halides is 2. The van der Waals surface area contributed by atoms with Gasteiger partial charge in [-0.05, 0) is 32.9 Å². The molecule has 2 nitrogen and oxygen atoms in total. The van der Waals surface area contributed by atoms with Crippen molar-refractivity contribution in [1.82, 2.24) is 5.32 Å². The Hall–Kier alpha value is -0.220. The van der Waals surface area contributed by atoms with Crippen LogP contribution >= 0.6 is 0 Å². The van der Waals surface area contributed by atoms with E-state index in [0.29, 0.717) is 0 Å². The van der Waals surface area contributed by atoms with Crippen molar-refractivity contribution < 1.29 is 13.5 Å². The van der Waals surface area contributed by atoms with Crippen molar-refractivity contribution in [3.8, 4) is 0 Å². The van der Waals surface area contributed by atoms with Crippen molar-refractivity contribution in [1.29, 1.82) is 0 Å². The molecule has 1 N–H and O–H groups in total. The van der Waals surface area contributed by atoms with Gasteiger partial charge in [-0.3, -0.25) is 0 Å². The van der Waals surface area contributed by atoms with Crippen LogP contribution in [-0.4, -0.2) is 32.2 Å². The minimum Gasteiger partial charge on any atom is -0.373 e. The normalized spacial score (nSPS) is 13.6. The molecule has 0 fully saturated rings. The van der Waals surface area contributed by atoms with E-state index in [1.165, 1.54) is 0 Å². The van der Waals surface area contributed by atoms with Crippen LogP contribution in [0.4, 0.5) is 8.78 Å². The number of ether oxygens (including phenoxy) is 1. The maximum absolute atomic E-state index is 11.7. The van der Waals surface area contributed by atoms with Gasteiger partial charge in [0.05, 0.1) is 6.10 Å². The topological polar surface area (TPSA) is 21.3 Å². The predicted octanol–water partition coefficient (Wildman–Crippen LogP) is 2.05. The molecule has 0 rings (SSSR count). The molecule has 0 spiro atoms. The van der Waals surface area contributed by atoms with E-state index < -0.39 is 13.0 Å². The molecule has 13 heavy (non-hydrogen) atoms. The average molecular weight is 195 g/mol. The van der Waals surface area contributed by atoms with Crippen molar-refractivity contribution in [2.45, 2.75) is 39.2 Å². The third-order valence-electron chi connectivity index (χ3n) is 1.72. The predicted molar refractivity (Wildman–Crippen MR) is 49.2 cm³/mol. The highest BCUT2D eigenvalue weighted by atomic mass is 19.3. The summed E-state index contributed by atoms with van der Waals surface area (Å²) < 4.78 is 28.3. The number of hydrogen-bond acceptors (Lipinski definition) is 2. The van der Waals surface area contributed by atoms with Gasteiger partial charge in [0.25, 0.3) is 6.43 Å². The first-order valence-electron chi connectivity index (χ1n) is 4.77. The van der Waals surface area contributed by atoms with Crippen LogP contribution in [0.25, 0.3) is 0 Å². The quantitative estimate of drug-likeness (QED) is 0.598. The fourth-order valence-electron chi connectivity index (χ4n) is 1.01. The zero-order valence-corrected chi connectivity index (χ0v) is 8.35. The molecular weight excluding hydrogens is 176 g/mol. The van der Waals surface area contributed by atoms with Gasteiger partial charge in [-0.1, -0.05) is 6.92 Å². The van der Waals surface area contributed by atoms with Crippen molar-refractivity contribution in [3.05, 3.63) is 0 Å². The van der Waals surface area contributed by atoms with Crippen LogP contribution in [0.2, 0.25) is 0 Å². The zero-order valence-electron chi connectivity index (χ0n) is 8.35. The molecule has 0 aliphatic heterocycles. The first-order valence-corrected chi connectivity index (χ1v) is 4.77. The Kier molecular flexibility index (Phi) is 8.24. The summed E-state index contributed by atoms with van der Waals surface area (Å²) in [7, 11) is 0. The fourth-order valence-corrected chi connectivity index (χ4v) is 1.01. The summed E-state index contributed by atoms with van der Waals surface area (Å²) in [5.74, 6) is 0. The number of rotatable bonds is 8. The van der Waals surface area contributed by atoms with E-state index in [1.54, 1.807) is 0 Å². The van der Waals surface area contributed by atoms with Crippen LogP contribution in [0, 0.1) is 0 Å². The van der Waals surface area contributed by atoms with Gasteiger partial charge in [-0.2, -0.15) is 0 Å². The van der Waals surface area contributed by atoms with Crippen molar-refractivity contribution >= 4 is 0 Å². The van der Waals surface area contributed by atoms with Gasteiger partial charge in [0.1, 0.15) is 6.61 Å². The van der Waals surface area contributed by atoms with Crippen molar-refractivity contribution in [3.63, 3.8) is 0 Å². The summed E-state index contributed by atoms with van der Waals surface area (Å²) in [5, 5.41) is 3.16. The molecule has 80 valence electrons. The lowest BCUT2D eigenvalue weighted by Gasteiger charge is -2.12.